The molecule has 2 aromatic rings. The predicted molar refractivity (Wildman–Crippen MR) is 66.4 cm³/mol. The summed E-state index contributed by atoms with van der Waals surface area (Å²) >= 11 is 1.55. The first-order valence-electron chi connectivity index (χ1n) is 5.08. The summed E-state index contributed by atoms with van der Waals surface area (Å²) in [6, 6.07) is 7.47. The van der Waals surface area contributed by atoms with Crippen LogP contribution in [0.3, 0.4) is 0 Å². The van der Waals surface area contributed by atoms with Gasteiger partial charge in [0.15, 0.2) is 0 Å². The van der Waals surface area contributed by atoms with E-state index in [1.807, 2.05) is 32.0 Å². The van der Waals surface area contributed by atoms with Crippen molar-refractivity contribution >= 4 is 23.5 Å². The van der Waals surface area contributed by atoms with Crippen LogP contribution in [0, 0.1) is 13.8 Å². The fourth-order valence-corrected chi connectivity index (χ4v) is 2.46. The lowest BCUT2D eigenvalue weighted by atomic mass is 10.3. The summed E-state index contributed by atoms with van der Waals surface area (Å²) in [4.78, 5) is 16.0. The van der Waals surface area contributed by atoms with Gasteiger partial charge in [-0.3, -0.25) is 5.10 Å². The molecule has 1 N–H and O–H groups in total. The molecule has 86 valence electrons. The molecule has 0 radical (unpaired) electrons. The molecule has 2 rings (SSSR count). The van der Waals surface area contributed by atoms with Crippen LogP contribution >= 0.6 is 11.8 Å². The number of hydrogen-bond acceptors (Lipinski definition) is 4. The Morgan fingerprint density at radius 2 is 2.12 bits per heavy atom. The van der Waals surface area contributed by atoms with E-state index < -0.39 is 0 Å². The van der Waals surface area contributed by atoms with Gasteiger partial charge in [0, 0.05) is 10.6 Å². The topological polar surface area (TPSA) is 58.1 Å². The molecule has 0 bridgehead atoms. The molecule has 1 aromatic carbocycles. The molecule has 0 aliphatic carbocycles. The van der Waals surface area contributed by atoms with Crippen molar-refractivity contribution in [3.8, 4) is 0 Å². The van der Waals surface area contributed by atoms with E-state index in [-0.39, 0.29) is 0 Å². The molecular formula is C12H11N3OS. The number of carbonyl (C=O) groups excluding carboxylic acids is 1. The monoisotopic (exact) mass is 245 g/mol. The van der Waals surface area contributed by atoms with Crippen molar-refractivity contribution in [2.24, 2.45) is 4.99 Å². The van der Waals surface area contributed by atoms with Crippen LogP contribution in [-0.2, 0) is 4.79 Å². The Hall–Kier alpha value is -1.84. The summed E-state index contributed by atoms with van der Waals surface area (Å²) < 4.78 is 0. The molecule has 1 heterocycles. The summed E-state index contributed by atoms with van der Waals surface area (Å²) in [5.41, 5.74) is 2.59. The number of nitrogens with one attached hydrogen (secondary N) is 1. The molecule has 17 heavy (non-hydrogen) atoms. The first-order chi connectivity index (χ1) is 8.22. The highest BCUT2D eigenvalue weighted by atomic mass is 32.2. The van der Waals surface area contributed by atoms with Crippen LogP contribution in [0.1, 0.15) is 11.4 Å². The minimum atomic E-state index is 0.632. The van der Waals surface area contributed by atoms with Crippen molar-refractivity contribution in [1.82, 2.24) is 10.2 Å². The number of nitrogens with zero attached hydrogens (tertiary/aromatic N) is 2. The van der Waals surface area contributed by atoms with E-state index in [1.54, 1.807) is 23.9 Å². The van der Waals surface area contributed by atoms with Gasteiger partial charge in [-0.25, -0.2) is 4.79 Å². The van der Waals surface area contributed by atoms with E-state index in [0.717, 1.165) is 21.2 Å². The Labute approximate surface area is 103 Å². The highest BCUT2D eigenvalue weighted by molar-refractivity contribution is 7.99. The Morgan fingerprint density at radius 3 is 2.76 bits per heavy atom. The number of aromatic amines is 1. The van der Waals surface area contributed by atoms with E-state index in [9.17, 15) is 4.79 Å². The molecule has 0 aliphatic heterocycles. The van der Waals surface area contributed by atoms with Crippen LogP contribution in [0.4, 0.5) is 5.69 Å². The number of aliphatic imine (C=N–C) groups is 1. The summed E-state index contributed by atoms with van der Waals surface area (Å²) in [6.07, 6.45) is 1.57. The SMILES string of the molecule is Cc1n[nH]c(C)c1Sc1ccccc1N=C=O. The normalized spacial score (nSPS) is 10.0. The van der Waals surface area contributed by atoms with Gasteiger partial charge in [0.1, 0.15) is 0 Å². The van der Waals surface area contributed by atoms with E-state index in [4.69, 9.17) is 0 Å². The van der Waals surface area contributed by atoms with Gasteiger partial charge < -0.3 is 0 Å². The molecular weight excluding hydrogens is 234 g/mol. The molecule has 0 saturated heterocycles. The molecule has 5 heteroatoms. The number of aryl methyl sites for hydroxylation is 2. The van der Waals surface area contributed by atoms with Gasteiger partial charge >= 0.3 is 0 Å². The lowest BCUT2D eigenvalue weighted by molar-refractivity contribution is 0.565. The molecule has 0 fully saturated rings. The molecule has 1 aromatic heterocycles. The number of benzene rings is 1. The van der Waals surface area contributed by atoms with Crippen molar-refractivity contribution < 1.29 is 4.79 Å². The van der Waals surface area contributed by atoms with Crippen molar-refractivity contribution in [3.63, 3.8) is 0 Å². The Bertz CT molecular complexity index is 566. The molecule has 0 amide bonds. The van der Waals surface area contributed by atoms with E-state index >= 15 is 0 Å². The number of aromatic nitrogens is 2. The third kappa shape index (κ3) is 2.46. The second-order valence-electron chi connectivity index (χ2n) is 3.54. The zero-order valence-corrected chi connectivity index (χ0v) is 10.3. The fourth-order valence-electron chi connectivity index (χ4n) is 1.49. The van der Waals surface area contributed by atoms with E-state index in [2.05, 4.69) is 15.2 Å². The molecule has 0 spiro atoms. The summed E-state index contributed by atoms with van der Waals surface area (Å²) in [7, 11) is 0. The average Bonchev–Trinajstić information content (AvgIpc) is 2.64. The maximum Gasteiger partial charge on any atom is 0.240 e. The van der Waals surface area contributed by atoms with E-state index in [1.165, 1.54) is 0 Å². The zero-order chi connectivity index (χ0) is 12.3. The number of H-pyrrole nitrogens is 1. The summed E-state index contributed by atoms with van der Waals surface area (Å²) in [5.74, 6) is 0. The Kier molecular flexibility index (Phi) is 3.42. The largest absolute Gasteiger partial charge is 0.281 e. The quantitative estimate of drug-likeness (QED) is 0.667. The number of para-hydroxylation sites is 1. The van der Waals surface area contributed by atoms with Gasteiger partial charge in [0.05, 0.1) is 16.3 Å². The lowest BCUT2D eigenvalue weighted by Crippen LogP contribution is -1.79. The highest BCUT2D eigenvalue weighted by Crippen LogP contribution is 2.37. The molecule has 4 nitrogen and oxygen atoms in total. The van der Waals surface area contributed by atoms with Gasteiger partial charge in [0.25, 0.3) is 0 Å². The Balaban J connectivity index is 2.39. The third-order valence-electron chi connectivity index (χ3n) is 2.30. The second kappa shape index (κ2) is 4.99. The van der Waals surface area contributed by atoms with Gasteiger partial charge in [-0.1, -0.05) is 23.9 Å². The third-order valence-corrected chi connectivity index (χ3v) is 3.67. The second-order valence-corrected chi connectivity index (χ2v) is 4.59. The molecule has 0 unspecified atom stereocenters. The van der Waals surface area contributed by atoms with Crippen LogP contribution in [-0.4, -0.2) is 16.3 Å². The highest BCUT2D eigenvalue weighted by Gasteiger charge is 2.10. The van der Waals surface area contributed by atoms with Crippen molar-refractivity contribution in [3.05, 3.63) is 35.7 Å². The standard InChI is InChI=1S/C12H11N3OS/c1-8-12(9(2)15-14-8)17-11-6-4-3-5-10(11)13-7-16/h3-6H,1-2H3,(H,14,15). The first-order valence-corrected chi connectivity index (χ1v) is 5.90. The van der Waals surface area contributed by atoms with Gasteiger partial charge in [-0.05, 0) is 26.0 Å². The van der Waals surface area contributed by atoms with Crippen molar-refractivity contribution in [2.75, 3.05) is 0 Å². The van der Waals surface area contributed by atoms with Crippen LogP contribution in [0.25, 0.3) is 0 Å². The zero-order valence-electron chi connectivity index (χ0n) is 9.52. The van der Waals surface area contributed by atoms with E-state index in [0.29, 0.717) is 5.69 Å². The van der Waals surface area contributed by atoms with Crippen LogP contribution in [0.2, 0.25) is 0 Å². The number of rotatable bonds is 3. The minimum Gasteiger partial charge on any atom is -0.281 e. The van der Waals surface area contributed by atoms with Gasteiger partial charge in [0.2, 0.25) is 6.08 Å². The minimum absolute atomic E-state index is 0.632. The smallest absolute Gasteiger partial charge is 0.240 e. The van der Waals surface area contributed by atoms with Gasteiger partial charge in [-0.15, -0.1) is 0 Å². The van der Waals surface area contributed by atoms with Crippen LogP contribution in [0.15, 0.2) is 39.0 Å². The summed E-state index contributed by atoms with van der Waals surface area (Å²) in [5, 5.41) is 7.06. The molecule has 0 aliphatic rings. The molecule has 0 atom stereocenters. The van der Waals surface area contributed by atoms with Crippen molar-refractivity contribution in [1.29, 1.82) is 0 Å². The van der Waals surface area contributed by atoms with Crippen LogP contribution in [0.5, 0.6) is 0 Å². The number of isocyanates is 1. The lowest BCUT2D eigenvalue weighted by Gasteiger charge is -2.03. The van der Waals surface area contributed by atoms with Crippen LogP contribution < -0.4 is 0 Å². The fraction of sp³-hybridized carbons (Fsp3) is 0.167. The first kappa shape index (κ1) is 11.6. The summed E-state index contributed by atoms with van der Waals surface area (Å²) in [6.45, 7) is 3.91. The van der Waals surface area contributed by atoms with Crippen molar-refractivity contribution in [2.45, 2.75) is 23.6 Å². The number of hydrogen-bond donors (Lipinski definition) is 1. The maximum absolute atomic E-state index is 10.3. The Morgan fingerprint density at radius 1 is 1.35 bits per heavy atom. The predicted octanol–water partition coefficient (Wildman–Crippen LogP) is 3.15. The average molecular weight is 245 g/mol. The van der Waals surface area contributed by atoms with Gasteiger partial charge in [-0.2, -0.15) is 10.1 Å². The maximum atomic E-state index is 10.3. The molecule has 0 saturated carbocycles.